The Morgan fingerprint density at radius 2 is 1.41 bits per heavy atom. The van der Waals surface area contributed by atoms with Crippen LogP contribution in [0, 0.1) is 6.92 Å². The Morgan fingerprint density at radius 1 is 0.818 bits per heavy atom. The third-order valence-corrected chi connectivity index (χ3v) is 4.21. The van der Waals surface area contributed by atoms with Gasteiger partial charge in [0.05, 0.1) is 0 Å². The van der Waals surface area contributed by atoms with Crippen molar-refractivity contribution in [2.75, 3.05) is 0 Å². The van der Waals surface area contributed by atoms with E-state index in [9.17, 15) is 5.11 Å². The number of phenolic OH excluding ortho intramolecular Hbond substituents is 1. The minimum absolute atomic E-state index is 0.0156. The van der Waals surface area contributed by atoms with Gasteiger partial charge in [-0.3, -0.25) is 0 Å². The molecule has 0 aromatic heterocycles. The Labute approximate surface area is 135 Å². The minimum Gasteiger partial charge on any atom is -0.507 e. The Bertz CT molecular complexity index is 682. The maximum atomic E-state index is 10.8. The van der Waals surface area contributed by atoms with Crippen LogP contribution in [0.2, 0.25) is 0 Å². The van der Waals surface area contributed by atoms with Crippen LogP contribution >= 0.6 is 0 Å². The SMILES string of the molecule is Cc1ccccc1-c1c(O)cc(C(C)(C)C)cc1C(C)(C)C. The summed E-state index contributed by atoms with van der Waals surface area (Å²) in [4.78, 5) is 0. The average molecular weight is 296 g/mol. The fourth-order valence-electron chi connectivity index (χ4n) is 2.79. The quantitative estimate of drug-likeness (QED) is 0.688. The molecule has 1 heteroatoms. The second-order valence-electron chi connectivity index (χ2n) is 8.23. The van der Waals surface area contributed by atoms with E-state index in [0.29, 0.717) is 5.75 Å². The van der Waals surface area contributed by atoms with Crippen molar-refractivity contribution < 1.29 is 5.11 Å². The van der Waals surface area contributed by atoms with E-state index in [1.54, 1.807) is 0 Å². The molecule has 0 fully saturated rings. The van der Waals surface area contributed by atoms with Gasteiger partial charge < -0.3 is 5.11 Å². The van der Waals surface area contributed by atoms with Crippen molar-refractivity contribution in [2.24, 2.45) is 0 Å². The predicted molar refractivity (Wildman–Crippen MR) is 95.7 cm³/mol. The number of rotatable bonds is 1. The number of hydrogen-bond acceptors (Lipinski definition) is 1. The Hall–Kier alpha value is -1.76. The van der Waals surface area contributed by atoms with Gasteiger partial charge in [-0.2, -0.15) is 0 Å². The normalized spacial score (nSPS) is 12.5. The van der Waals surface area contributed by atoms with Gasteiger partial charge in [-0.15, -0.1) is 0 Å². The van der Waals surface area contributed by atoms with Gasteiger partial charge in [0.25, 0.3) is 0 Å². The van der Waals surface area contributed by atoms with E-state index in [1.807, 2.05) is 18.2 Å². The van der Waals surface area contributed by atoms with Gasteiger partial charge in [0, 0.05) is 5.56 Å². The number of aryl methyl sites for hydroxylation is 1. The number of hydrogen-bond donors (Lipinski definition) is 1. The van der Waals surface area contributed by atoms with E-state index in [-0.39, 0.29) is 10.8 Å². The highest BCUT2D eigenvalue weighted by Gasteiger charge is 2.26. The fourth-order valence-corrected chi connectivity index (χ4v) is 2.79. The first-order chi connectivity index (χ1) is 10.0. The highest BCUT2D eigenvalue weighted by molar-refractivity contribution is 5.78. The third-order valence-electron chi connectivity index (χ3n) is 4.21. The molecule has 2 aromatic rings. The van der Waals surface area contributed by atoms with Crippen LogP contribution in [0.15, 0.2) is 36.4 Å². The molecule has 2 aromatic carbocycles. The summed E-state index contributed by atoms with van der Waals surface area (Å²) in [6.45, 7) is 15.3. The Morgan fingerprint density at radius 3 is 1.91 bits per heavy atom. The van der Waals surface area contributed by atoms with Gasteiger partial charge in [-0.25, -0.2) is 0 Å². The molecule has 22 heavy (non-hydrogen) atoms. The lowest BCUT2D eigenvalue weighted by Crippen LogP contribution is -2.17. The zero-order valence-corrected chi connectivity index (χ0v) is 14.9. The van der Waals surface area contributed by atoms with E-state index < -0.39 is 0 Å². The number of benzene rings is 2. The maximum absolute atomic E-state index is 10.8. The van der Waals surface area contributed by atoms with E-state index in [4.69, 9.17) is 0 Å². The van der Waals surface area contributed by atoms with Crippen LogP contribution in [0.25, 0.3) is 11.1 Å². The van der Waals surface area contributed by atoms with E-state index in [2.05, 4.69) is 66.7 Å². The van der Waals surface area contributed by atoms with Crippen molar-refractivity contribution in [3.8, 4) is 16.9 Å². The van der Waals surface area contributed by atoms with E-state index >= 15 is 0 Å². The zero-order valence-electron chi connectivity index (χ0n) is 14.9. The van der Waals surface area contributed by atoms with E-state index in [0.717, 1.165) is 11.1 Å². The molecule has 0 aliphatic carbocycles. The third kappa shape index (κ3) is 3.19. The standard InChI is InChI=1S/C21H28O/c1-14-10-8-9-11-16(14)19-17(21(5,6)7)12-15(13-18(19)22)20(2,3)4/h8-13,22H,1-7H3. The average Bonchev–Trinajstić information content (AvgIpc) is 2.37. The molecule has 118 valence electrons. The summed E-state index contributed by atoms with van der Waals surface area (Å²) in [5.74, 6) is 0.381. The first kappa shape index (κ1) is 16.6. The first-order valence-electron chi connectivity index (χ1n) is 7.96. The van der Waals surface area contributed by atoms with Crippen molar-refractivity contribution in [2.45, 2.75) is 59.3 Å². The first-order valence-corrected chi connectivity index (χ1v) is 7.96. The molecular formula is C21H28O. The van der Waals surface area contributed by atoms with Crippen LogP contribution in [0.1, 0.15) is 58.2 Å². The van der Waals surface area contributed by atoms with Gasteiger partial charge in [0.1, 0.15) is 5.75 Å². The fraction of sp³-hybridized carbons (Fsp3) is 0.429. The van der Waals surface area contributed by atoms with Crippen LogP contribution < -0.4 is 0 Å². The molecule has 1 N–H and O–H groups in total. The monoisotopic (exact) mass is 296 g/mol. The van der Waals surface area contributed by atoms with Gasteiger partial charge in [-0.05, 0) is 46.1 Å². The van der Waals surface area contributed by atoms with Gasteiger partial charge in [-0.1, -0.05) is 71.9 Å². The predicted octanol–water partition coefficient (Wildman–Crippen LogP) is 5.96. The highest BCUT2D eigenvalue weighted by Crippen LogP contribution is 2.43. The smallest absolute Gasteiger partial charge is 0.124 e. The molecule has 0 spiro atoms. The number of phenols is 1. The second kappa shape index (κ2) is 5.46. The molecule has 0 saturated heterocycles. The molecule has 0 aliphatic rings. The minimum atomic E-state index is -0.0314. The summed E-state index contributed by atoms with van der Waals surface area (Å²) >= 11 is 0. The summed E-state index contributed by atoms with van der Waals surface area (Å²) in [6.07, 6.45) is 0. The molecule has 0 aliphatic heterocycles. The lowest BCUT2D eigenvalue weighted by atomic mass is 9.76. The number of aromatic hydroxyl groups is 1. The van der Waals surface area contributed by atoms with Crippen molar-refractivity contribution in [3.05, 3.63) is 53.1 Å². The van der Waals surface area contributed by atoms with Crippen molar-refractivity contribution >= 4 is 0 Å². The van der Waals surface area contributed by atoms with Crippen molar-refractivity contribution in [3.63, 3.8) is 0 Å². The molecule has 2 rings (SSSR count). The second-order valence-corrected chi connectivity index (χ2v) is 8.23. The maximum Gasteiger partial charge on any atom is 0.124 e. The Balaban J connectivity index is 2.82. The van der Waals surface area contributed by atoms with Crippen molar-refractivity contribution in [1.82, 2.24) is 0 Å². The summed E-state index contributed by atoms with van der Waals surface area (Å²) in [5, 5.41) is 10.8. The molecular weight excluding hydrogens is 268 g/mol. The summed E-state index contributed by atoms with van der Waals surface area (Å²) < 4.78 is 0. The molecule has 1 nitrogen and oxygen atoms in total. The summed E-state index contributed by atoms with van der Waals surface area (Å²) in [6, 6.07) is 12.5. The van der Waals surface area contributed by atoms with Crippen LogP contribution in [-0.2, 0) is 10.8 Å². The molecule has 0 atom stereocenters. The lowest BCUT2D eigenvalue weighted by Gasteiger charge is -2.29. The van der Waals surface area contributed by atoms with Crippen molar-refractivity contribution in [1.29, 1.82) is 0 Å². The molecule has 0 amide bonds. The summed E-state index contributed by atoms with van der Waals surface area (Å²) in [7, 11) is 0. The molecule has 0 bridgehead atoms. The molecule has 0 heterocycles. The largest absolute Gasteiger partial charge is 0.507 e. The zero-order chi connectivity index (χ0) is 16.7. The summed E-state index contributed by atoms with van der Waals surface area (Å²) in [5.41, 5.74) is 5.63. The van der Waals surface area contributed by atoms with E-state index in [1.165, 1.54) is 16.7 Å². The molecule has 0 saturated carbocycles. The Kier molecular flexibility index (Phi) is 4.12. The lowest BCUT2D eigenvalue weighted by molar-refractivity contribution is 0.468. The van der Waals surface area contributed by atoms with Crippen LogP contribution in [0.5, 0.6) is 5.75 Å². The molecule has 0 radical (unpaired) electrons. The van der Waals surface area contributed by atoms with Crippen LogP contribution in [-0.4, -0.2) is 5.11 Å². The van der Waals surface area contributed by atoms with Crippen LogP contribution in [0.4, 0.5) is 0 Å². The van der Waals surface area contributed by atoms with Gasteiger partial charge in [0.2, 0.25) is 0 Å². The molecule has 0 unspecified atom stereocenters. The van der Waals surface area contributed by atoms with Gasteiger partial charge in [0.15, 0.2) is 0 Å². The van der Waals surface area contributed by atoms with Crippen LogP contribution in [0.3, 0.4) is 0 Å². The topological polar surface area (TPSA) is 20.2 Å². The van der Waals surface area contributed by atoms with Gasteiger partial charge >= 0.3 is 0 Å². The highest BCUT2D eigenvalue weighted by atomic mass is 16.3.